The molecular formula is C22H24O8. The lowest BCUT2D eigenvalue weighted by Gasteiger charge is -2.36. The molecule has 0 saturated carbocycles. The molecule has 0 spiro atoms. The minimum atomic E-state index is -1.18. The van der Waals surface area contributed by atoms with Crippen LogP contribution >= 0.6 is 0 Å². The Balaban J connectivity index is 2.29. The highest BCUT2D eigenvalue weighted by atomic mass is 16.5. The van der Waals surface area contributed by atoms with E-state index in [1.165, 1.54) is 28.4 Å². The number of aliphatic carboxylic acids is 2. The van der Waals surface area contributed by atoms with E-state index in [9.17, 15) is 19.8 Å². The monoisotopic (exact) mass is 416 g/mol. The van der Waals surface area contributed by atoms with Gasteiger partial charge in [-0.3, -0.25) is 9.59 Å². The Kier molecular flexibility index (Phi) is 6.05. The van der Waals surface area contributed by atoms with E-state index in [4.69, 9.17) is 18.9 Å². The van der Waals surface area contributed by atoms with Crippen molar-refractivity contribution >= 4 is 11.9 Å². The highest BCUT2D eigenvalue weighted by Gasteiger charge is 2.46. The van der Waals surface area contributed by atoms with Crippen LogP contribution in [0.2, 0.25) is 0 Å². The van der Waals surface area contributed by atoms with E-state index in [-0.39, 0.29) is 6.42 Å². The summed E-state index contributed by atoms with van der Waals surface area (Å²) in [4.78, 5) is 24.2. The molecule has 0 radical (unpaired) electrons. The molecule has 1 aliphatic carbocycles. The van der Waals surface area contributed by atoms with E-state index in [0.29, 0.717) is 39.7 Å². The summed E-state index contributed by atoms with van der Waals surface area (Å²) in [6.45, 7) is 0. The van der Waals surface area contributed by atoms with Crippen LogP contribution in [0.1, 0.15) is 22.6 Å². The van der Waals surface area contributed by atoms with Gasteiger partial charge in [-0.05, 0) is 47.4 Å². The number of carbonyl (C=O) groups is 2. The first-order chi connectivity index (χ1) is 14.4. The summed E-state index contributed by atoms with van der Waals surface area (Å²) in [6, 6.07) is 8.54. The average molecular weight is 416 g/mol. The third-order valence-corrected chi connectivity index (χ3v) is 5.58. The van der Waals surface area contributed by atoms with Crippen molar-refractivity contribution in [2.75, 3.05) is 28.4 Å². The van der Waals surface area contributed by atoms with Crippen molar-refractivity contribution in [2.24, 2.45) is 11.8 Å². The maximum Gasteiger partial charge on any atom is 0.308 e. The molecule has 160 valence electrons. The summed E-state index contributed by atoms with van der Waals surface area (Å²) >= 11 is 0. The fourth-order valence-corrected chi connectivity index (χ4v) is 4.18. The number of methoxy groups -OCH3 is 4. The highest BCUT2D eigenvalue weighted by Crippen LogP contribution is 2.48. The Hall–Kier alpha value is -3.42. The molecule has 0 saturated heterocycles. The molecule has 2 aromatic rings. The molecule has 0 amide bonds. The van der Waals surface area contributed by atoms with Crippen LogP contribution in [0.4, 0.5) is 0 Å². The van der Waals surface area contributed by atoms with Gasteiger partial charge in [0.2, 0.25) is 0 Å². The topological polar surface area (TPSA) is 112 Å². The zero-order valence-corrected chi connectivity index (χ0v) is 17.2. The maximum atomic E-state index is 12.2. The molecule has 2 N–H and O–H groups in total. The standard InChI is InChI=1S/C22H24O8/c1-27-15-6-5-11(8-16(15)28-2)19-13-10-18(30-4)17(29-3)9-12(13)7-14(21(23)24)20(19)22(25)26/h5-6,8-10,14,19-20H,7H2,1-4H3,(H,23,24)(H,25,26)/t14-,19+,20-/m0/s1. The van der Waals surface area contributed by atoms with Crippen LogP contribution in [-0.4, -0.2) is 50.6 Å². The van der Waals surface area contributed by atoms with Gasteiger partial charge in [-0.25, -0.2) is 0 Å². The first-order valence-electron chi connectivity index (χ1n) is 9.28. The van der Waals surface area contributed by atoms with Crippen molar-refractivity contribution in [1.29, 1.82) is 0 Å². The van der Waals surface area contributed by atoms with E-state index < -0.39 is 29.7 Å². The van der Waals surface area contributed by atoms with Crippen LogP contribution in [0.3, 0.4) is 0 Å². The Labute approximate surface area is 173 Å². The van der Waals surface area contributed by atoms with Gasteiger partial charge in [0.15, 0.2) is 23.0 Å². The molecule has 3 rings (SSSR count). The van der Waals surface area contributed by atoms with Crippen LogP contribution in [0.15, 0.2) is 30.3 Å². The van der Waals surface area contributed by atoms with Gasteiger partial charge >= 0.3 is 11.9 Å². The summed E-state index contributed by atoms with van der Waals surface area (Å²) in [7, 11) is 5.98. The second kappa shape index (κ2) is 8.52. The molecule has 1 aliphatic rings. The average Bonchev–Trinajstić information content (AvgIpc) is 2.75. The van der Waals surface area contributed by atoms with E-state index in [1.807, 2.05) is 0 Å². The summed E-state index contributed by atoms with van der Waals surface area (Å²) in [5.41, 5.74) is 2.00. The first-order valence-corrected chi connectivity index (χ1v) is 9.28. The van der Waals surface area contributed by atoms with Crippen molar-refractivity contribution in [3.05, 3.63) is 47.0 Å². The molecule has 2 aromatic carbocycles. The van der Waals surface area contributed by atoms with Crippen LogP contribution in [0.5, 0.6) is 23.0 Å². The van der Waals surface area contributed by atoms with E-state index in [0.717, 1.165) is 0 Å². The van der Waals surface area contributed by atoms with Gasteiger partial charge in [0.1, 0.15) is 0 Å². The van der Waals surface area contributed by atoms with Gasteiger partial charge in [0.05, 0.1) is 40.3 Å². The van der Waals surface area contributed by atoms with Crippen LogP contribution in [-0.2, 0) is 16.0 Å². The summed E-state index contributed by atoms with van der Waals surface area (Å²) in [6.07, 6.45) is 0.0752. The summed E-state index contributed by atoms with van der Waals surface area (Å²) in [5.74, 6) is -3.52. The molecule has 0 heterocycles. The quantitative estimate of drug-likeness (QED) is 0.709. The third-order valence-electron chi connectivity index (χ3n) is 5.58. The van der Waals surface area contributed by atoms with Crippen molar-refractivity contribution < 1.29 is 38.7 Å². The molecule has 0 fully saturated rings. The van der Waals surface area contributed by atoms with Gasteiger partial charge < -0.3 is 29.2 Å². The van der Waals surface area contributed by atoms with Gasteiger partial charge in [0, 0.05) is 5.92 Å². The van der Waals surface area contributed by atoms with Crippen molar-refractivity contribution in [2.45, 2.75) is 12.3 Å². The van der Waals surface area contributed by atoms with Gasteiger partial charge in [-0.15, -0.1) is 0 Å². The molecule has 8 nitrogen and oxygen atoms in total. The zero-order valence-electron chi connectivity index (χ0n) is 17.2. The van der Waals surface area contributed by atoms with Crippen LogP contribution in [0, 0.1) is 11.8 Å². The molecule has 8 heteroatoms. The SMILES string of the molecule is COc1ccc([C@@H]2c3cc(OC)c(OC)cc3C[C@H](C(=O)O)[C@@H]2C(=O)O)cc1OC. The van der Waals surface area contributed by atoms with Crippen LogP contribution in [0.25, 0.3) is 0 Å². The second-order valence-electron chi connectivity index (χ2n) is 7.01. The Morgan fingerprint density at radius 2 is 1.37 bits per heavy atom. The first kappa shape index (κ1) is 21.3. The number of carboxylic acid groups (broad SMARTS) is 2. The number of benzene rings is 2. The lowest BCUT2D eigenvalue weighted by atomic mass is 9.66. The summed E-state index contributed by atoms with van der Waals surface area (Å²) < 4.78 is 21.4. The second-order valence-corrected chi connectivity index (χ2v) is 7.01. The molecule has 0 bridgehead atoms. The molecular weight excluding hydrogens is 392 g/mol. The third kappa shape index (κ3) is 3.60. The zero-order chi connectivity index (χ0) is 22.0. The predicted molar refractivity (Wildman–Crippen MR) is 107 cm³/mol. The van der Waals surface area contributed by atoms with Gasteiger partial charge in [0.25, 0.3) is 0 Å². The minimum Gasteiger partial charge on any atom is -0.493 e. The Bertz CT molecular complexity index is 968. The fourth-order valence-electron chi connectivity index (χ4n) is 4.18. The minimum absolute atomic E-state index is 0.0752. The summed E-state index contributed by atoms with van der Waals surface area (Å²) in [5, 5.41) is 19.8. The van der Waals surface area contributed by atoms with E-state index in [2.05, 4.69) is 0 Å². The lowest BCUT2D eigenvalue weighted by Crippen LogP contribution is -2.40. The van der Waals surface area contributed by atoms with E-state index in [1.54, 1.807) is 30.3 Å². The van der Waals surface area contributed by atoms with Gasteiger partial charge in [-0.2, -0.15) is 0 Å². The highest BCUT2D eigenvalue weighted by molar-refractivity contribution is 5.83. The number of carboxylic acids is 2. The fraction of sp³-hybridized carbons (Fsp3) is 0.364. The number of ether oxygens (including phenoxy) is 4. The lowest BCUT2D eigenvalue weighted by molar-refractivity contribution is -0.154. The Morgan fingerprint density at radius 1 is 0.800 bits per heavy atom. The van der Waals surface area contributed by atoms with Crippen molar-refractivity contribution in [3.63, 3.8) is 0 Å². The van der Waals surface area contributed by atoms with Gasteiger partial charge in [-0.1, -0.05) is 6.07 Å². The largest absolute Gasteiger partial charge is 0.493 e. The molecule has 0 aliphatic heterocycles. The molecule has 0 aromatic heterocycles. The number of hydrogen-bond donors (Lipinski definition) is 2. The maximum absolute atomic E-state index is 12.2. The smallest absolute Gasteiger partial charge is 0.308 e. The molecule has 30 heavy (non-hydrogen) atoms. The van der Waals surface area contributed by atoms with Crippen molar-refractivity contribution in [1.82, 2.24) is 0 Å². The predicted octanol–water partition coefficient (Wildman–Crippen LogP) is 2.81. The molecule has 3 atom stereocenters. The number of rotatable bonds is 7. The van der Waals surface area contributed by atoms with E-state index >= 15 is 0 Å². The Morgan fingerprint density at radius 3 is 1.90 bits per heavy atom. The molecule has 0 unspecified atom stereocenters. The number of hydrogen-bond acceptors (Lipinski definition) is 6. The normalized spacial score (nSPS) is 20.1. The number of fused-ring (bicyclic) bond motifs is 1. The van der Waals surface area contributed by atoms with Crippen LogP contribution < -0.4 is 18.9 Å². The van der Waals surface area contributed by atoms with Crippen molar-refractivity contribution in [3.8, 4) is 23.0 Å².